The van der Waals surface area contributed by atoms with E-state index in [4.69, 9.17) is 5.73 Å². The Morgan fingerprint density at radius 3 is 2.74 bits per heavy atom. The number of halogens is 3. The molecule has 6 heteroatoms. The van der Waals surface area contributed by atoms with E-state index in [-0.39, 0.29) is 25.1 Å². The highest BCUT2D eigenvalue weighted by Crippen LogP contribution is 2.47. The Balaban J connectivity index is 2.37. The van der Waals surface area contributed by atoms with Crippen molar-refractivity contribution in [3.05, 3.63) is 23.4 Å². The number of alkyl halides is 3. The number of nitrogens with zero attached hydrogens (tertiary/aromatic N) is 1. The van der Waals surface area contributed by atoms with Gasteiger partial charge in [0.2, 0.25) is 0 Å². The number of nitrogen functional groups attached to an aromatic ring is 1. The fourth-order valence-corrected chi connectivity index (χ4v) is 2.94. The summed E-state index contributed by atoms with van der Waals surface area (Å²) in [7, 11) is 0. The second-order valence-corrected chi connectivity index (χ2v) is 5.25. The largest absolute Gasteiger partial charge is 0.391 e. The summed E-state index contributed by atoms with van der Waals surface area (Å²) in [6.07, 6.45) is -2.45. The lowest BCUT2D eigenvalue weighted by molar-refractivity contribution is -0.201. The van der Waals surface area contributed by atoms with E-state index in [9.17, 15) is 18.3 Å². The molecule has 0 radical (unpaired) electrons. The number of aryl methyl sites for hydroxylation is 1. The van der Waals surface area contributed by atoms with Crippen LogP contribution >= 0.6 is 0 Å². The van der Waals surface area contributed by atoms with Gasteiger partial charge in [-0.15, -0.1) is 0 Å². The average Bonchev–Trinajstić information content (AvgIpc) is 2.27. The van der Waals surface area contributed by atoms with Crippen LogP contribution in [0, 0.1) is 12.8 Å². The Kier molecular flexibility index (Phi) is 3.47. The molecule has 1 aliphatic rings. The molecule has 1 heterocycles. The molecule has 2 rings (SSSR count). The SMILES string of the molecule is Cc1ccnc(N)c1C1(O)CCCC(C(F)(F)F)C1. The zero-order valence-corrected chi connectivity index (χ0v) is 10.7. The third kappa shape index (κ3) is 2.68. The number of aromatic nitrogens is 1. The van der Waals surface area contributed by atoms with Gasteiger partial charge in [-0.05, 0) is 44.2 Å². The normalized spacial score (nSPS) is 28.4. The van der Waals surface area contributed by atoms with Crippen LogP contribution in [0.3, 0.4) is 0 Å². The van der Waals surface area contributed by atoms with Crippen molar-refractivity contribution in [2.75, 3.05) is 5.73 Å². The Morgan fingerprint density at radius 1 is 1.47 bits per heavy atom. The van der Waals surface area contributed by atoms with Crippen LogP contribution in [0.5, 0.6) is 0 Å². The summed E-state index contributed by atoms with van der Waals surface area (Å²) in [6, 6.07) is 1.65. The monoisotopic (exact) mass is 274 g/mol. The van der Waals surface area contributed by atoms with Gasteiger partial charge in [0, 0.05) is 11.8 Å². The van der Waals surface area contributed by atoms with Crippen molar-refractivity contribution < 1.29 is 18.3 Å². The Hall–Kier alpha value is -1.30. The summed E-state index contributed by atoms with van der Waals surface area (Å²) < 4.78 is 38.5. The molecule has 0 aliphatic heterocycles. The summed E-state index contributed by atoms with van der Waals surface area (Å²) in [5.41, 5.74) is 5.24. The third-order valence-corrected chi connectivity index (χ3v) is 3.84. The quantitative estimate of drug-likeness (QED) is 0.827. The molecule has 0 spiro atoms. The second-order valence-electron chi connectivity index (χ2n) is 5.25. The molecule has 1 fully saturated rings. The molecule has 0 saturated heterocycles. The van der Waals surface area contributed by atoms with Gasteiger partial charge in [-0.3, -0.25) is 0 Å². The first-order valence-corrected chi connectivity index (χ1v) is 6.25. The molecule has 3 N–H and O–H groups in total. The highest BCUT2D eigenvalue weighted by molar-refractivity contribution is 5.48. The van der Waals surface area contributed by atoms with Gasteiger partial charge in [-0.25, -0.2) is 4.98 Å². The van der Waals surface area contributed by atoms with E-state index in [1.54, 1.807) is 13.0 Å². The zero-order chi connectivity index (χ0) is 14.3. The lowest BCUT2D eigenvalue weighted by atomic mass is 9.73. The molecule has 1 aromatic heterocycles. The highest BCUT2D eigenvalue weighted by Gasteiger charge is 2.48. The smallest absolute Gasteiger partial charge is 0.385 e. The lowest BCUT2D eigenvalue weighted by Crippen LogP contribution is -2.39. The van der Waals surface area contributed by atoms with Crippen molar-refractivity contribution in [2.24, 2.45) is 5.92 Å². The van der Waals surface area contributed by atoms with Gasteiger partial charge < -0.3 is 10.8 Å². The molecular weight excluding hydrogens is 257 g/mol. The molecule has 1 aliphatic carbocycles. The number of nitrogens with two attached hydrogens (primary N) is 1. The summed E-state index contributed by atoms with van der Waals surface area (Å²) in [5.74, 6) is -1.37. The highest BCUT2D eigenvalue weighted by atomic mass is 19.4. The number of aliphatic hydroxyl groups is 1. The predicted octanol–water partition coefficient (Wildman–Crippen LogP) is 2.91. The number of rotatable bonds is 1. The van der Waals surface area contributed by atoms with Crippen molar-refractivity contribution in [1.29, 1.82) is 0 Å². The minimum atomic E-state index is -4.28. The van der Waals surface area contributed by atoms with Gasteiger partial charge >= 0.3 is 6.18 Å². The molecule has 2 atom stereocenters. The summed E-state index contributed by atoms with van der Waals surface area (Å²) in [6.45, 7) is 1.72. The zero-order valence-electron chi connectivity index (χ0n) is 10.7. The standard InChI is InChI=1S/C13H17F3N2O/c1-8-4-6-18-11(17)10(8)12(19)5-2-3-9(7-12)13(14,15)16/h4,6,9,19H,2-3,5,7H2,1H3,(H2,17,18). The summed E-state index contributed by atoms with van der Waals surface area (Å²) >= 11 is 0. The van der Waals surface area contributed by atoms with E-state index in [2.05, 4.69) is 4.98 Å². The van der Waals surface area contributed by atoms with Gasteiger partial charge in [-0.1, -0.05) is 0 Å². The second kappa shape index (κ2) is 4.67. The molecule has 0 aromatic carbocycles. The minimum Gasteiger partial charge on any atom is -0.385 e. The number of pyridine rings is 1. The van der Waals surface area contributed by atoms with Crippen molar-refractivity contribution in [3.8, 4) is 0 Å². The van der Waals surface area contributed by atoms with E-state index in [1.807, 2.05) is 0 Å². The van der Waals surface area contributed by atoms with E-state index in [1.165, 1.54) is 6.20 Å². The van der Waals surface area contributed by atoms with Gasteiger partial charge in [0.15, 0.2) is 0 Å². The maximum Gasteiger partial charge on any atom is 0.391 e. The van der Waals surface area contributed by atoms with Gasteiger partial charge in [-0.2, -0.15) is 13.2 Å². The van der Waals surface area contributed by atoms with Crippen LogP contribution in [0.4, 0.5) is 19.0 Å². The molecule has 0 bridgehead atoms. The average molecular weight is 274 g/mol. The van der Waals surface area contributed by atoms with Crippen LogP contribution < -0.4 is 5.73 Å². The van der Waals surface area contributed by atoms with Crippen LogP contribution in [-0.2, 0) is 5.60 Å². The van der Waals surface area contributed by atoms with Crippen LogP contribution in [0.2, 0.25) is 0 Å². The summed E-state index contributed by atoms with van der Waals surface area (Å²) in [4.78, 5) is 3.88. The first-order chi connectivity index (χ1) is 8.74. The molecule has 19 heavy (non-hydrogen) atoms. The van der Waals surface area contributed by atoms with Crippen molar-refractivity contribution >= 4 is 5.82 Å². The molecule has 1 aromatic rings. The molecule has 0 amide bonds. The number of hydrogen-bond donors (Lipinski definition) is 2. The maximum atomic E-state index is 12.8. The maximum absolute atomic E-state index is 12.8. The van der Waals surface area contributed by atoms with Gasteiger partial charge in [0.25, 0.3) is 0 Å². The Morgan fingerprint density at radius 2 is 2.16 bits per heavy atom. The molecule has 2 unspecified atom stereocenters. The third-order valence-electron chi connectivity index (χ3n) is 3.84. The lowest BCUT2D eigenvalue weighted by Gasteiger charge is -2.38. The molecule has 1 saturated carbocycles. The fourth-order valence-electron chi connectivity index (χ4n) is 2.94. The first kappa shape index (κ1) is 14.1. The van der Waals surface area contributed by atoms with Gasteiger partial charge in [0.1, 0.15) is 5.82 Å². The fraction of sp³-hybridized carbons (Fsp3) is 0.615. The van der Waals surface area contributed by atoms with Crippen LogP contribution in [-0.4, -0.2) is 16.3 Å². The summed E-state index contributed by atoms with van der Waals surface area (Å²) in [5, 5.41) is 10.6. The van der Waals surface area contributed by atoms with Crippen LogP contribution in [0.15, 0.2) is 12.3 Å². The van der Waals surface area contributed by atoms with Crippen LogP contribution in [0.1, 0.15) is 36.8 Å². The van der Waals surface area contributed by atoms with Gasteiger partial charge in [0.05, 0.1) is 11.5 Å². The minimum absolute atomic E-state index is 0.0605. The Labute approximate surface area is 109 Å². The number of hydrogen-bond acceptors (Lipinski definition) is 3. The van der Waals surface area contributed by atoms with E-state index >= 15 is 0 Å². The van der Waals surface area contributed by atoms with Crippen LogP contribution in [0.25, 0.3) is 0 Å². The predicted molar refractivity (Wildman–Crippen MR) is 65.3 cm³/mol. The van der Waals surface area contributed by atoms with Crippen molar-refractivity contribution in [3.63, 3.8) is 0 Å². The van der Waals surface area contributed by atoms with E-state index in [0.29, 0.717) is 17.5 Å². The van der Waals surface area contributed by atoms with E-state index in [0.717, 1.165) is 0 Å². The number of anilines is 1. The molecule has 106 valence electrons. The topological polar surface area (TPSA) is 59.1 Å². The van der Waals surface area contributed by atoms with Crippen molar-refractivity contribution in [1.82, 2.24) is 4.98 Å². The molecular formula is C13H17F3N2O. The van der Waals surface area contributed by atoms with Crippen molar-refractivity contribution in [2.45, 2.75) is 44.4 Å². The van der Waals surface area contributed by atoms with E-state index < -0.39 is 17.7 Å². The molecule has 3 nitrogen and oxygen atoms in total. The Bertz CT molecular complexity index is 455. The first-order valence-electron chi connectivity index (χ1n) is 6.25.